The molecular weight excluding hydrogens is 389 g/mol. The fraction of sp³-hybridized carbons (Fsp3) is 0.409. The summed E-state index contributed by atoms with van der Waals surface area (Å²) in [6, 6.07) is 6.31. The highest BCUT2D eigenvalue weighted by atomic mass is 32.1. The molecule has 1 fully saturated rings. The van der Waals surface area contributed by atoms with Crippen LogP contribution in [0.1, 0.15) is 57.6 Å². The molecule has 0 bridgehead atoms. The highest BCUT2D eigenvalue weighted by Crippen LogP contribution is 2.31. The van der Waals surface area contributed by atoms with Gasteiger partial charge in [-0.15, -0.1) is 11.3 Å². The summed E-state index contributed by atoms with van der Waals surface area (Å²) in [5, 5.41) is 5.18. The predicted molar refractivity (Wildman–Crippen MR) is 115 cm³/mol. The van der Waals surface area contributed by atoms with Crippen molar-refractivity contribution < 1.29 is 14.0 Å². The molecule has 2 aromatic rings. The Morgan fingerprint density at radius 3 is 2.55 bits per heavy atom. The number of nitrogens with zero attached hydrogens (tertiary/aromatic N) is 2. The second-order valence-corrected chi connectivity index (χ2v) is 8.08. The lowest BCUT2D eigenvalue weighted by molar-refractivity contribution is -0.117. The van der Waals surface area contributed by atoms with Crippen LogP contribution in [0.3, 0.4) is 0 Å². The summed E-state index contributed by atoms with van der Waals surface area (Å²) in [5.74, 6) is -0.960. The highest BCUT2D eigenvalue weighted by molar-refractivity contribution is 7.14. The minimum absolute atomic E-state index is 0.136. The van der Waals surface area contributed by atoms with Crippen LogP contribution in [0.4, 0.5) is 15.2 Å². The first kappa shape index (κ1) is 21.2. The van der Waals surface area contributed by atoms with E-state index in [1.807, 2.05) is 0 Å². The number of carbonyl (C=O) groups is 2. The van der Waals surface area contributed by atoms with Gasteiger partial charge in [0, 0.05) is 24.4 Å². The summed E-state index contributed by atoms with van der Waals surface area (Å²) in [6.45, 7) is 1.37. The summed E-state index contributed by atoms with van der Waals surface area (Å²) in [4.78, 5) is 30.0. The molecule has 0 saturated heterocycles. The molecule has 1 aromatic carbocycles. The summed E-state index contributed by atoms with van der Waals surface area (Å²) >= 11 is 1.23. The minimum Gasteiger partial charge on any atom is -0.350 e. The van der Waals surface area contributed by atoms with E-state index in [0.29, 0.717) is 10.8 Å². The molecule has 154 valence electrons. The molecule has 0 atom stereocenters. The maximum atomic E-state index is 14.1. The molecule has 1 aliphatic rings. The maximum absolute atomic E-state index is 14.1. The lowest BCUT2D eigenvalue weighted by Crippen LogP contribution is -2.34. The number of hydrogen-bond donors (Lipinski definition) is 1. The van der Waals surface area contributed by atoms with Crippen molar-refractivity contribution in [3.05, 3.63) is 47.2 Å². The Morgan fingerprint density at radius 2 is 1.86 bits per heavy atom. The maximum Gasteiger partial charge on any atom is 0.244 e. The Balaban J connectivity index is 1.66. The molecular formula is C22H26FN3O2S. The topological polar surface area (TPSA) is 62.3 Å². The van der Waals surface area contributed by atoms with E-state index in [-0.39, 0.29) is 23.5 Å². The van der Waals surface area contributed by atoms with Gasteiger partial charge in [-0.3, -0.25) is 14.5 Å². The Hall–Kier alpha value is -2.54. The van der Waals surface area contributed by atoms with Gasteiger partial charge in [-0.25, -0.2) is 9.37 Å². The third kappa shape index (κ3) is 5.97. The number of aromatic nitrogens is 1. The number of thiazole rings is 1. The van der Waals surface area contributed by atoms with Crippen LogP contribution in [-0.2, 0) is 9.59 Å². The van der Waals surface area contributed by atoms with Gasteiger partial charge in [0.15, 0.2) is 5.13 Å². The van der Waals surface area contributed by atoms with Crippen molar-refractivity contribution in [2.24, 2.45) is 0 Å². The van der Waals surface area contributed by atoms with Crippen molar-refractivity contribution in [2.75, 3.05) is 4.90 Å². The van der Waals surface area contributed by atoms with E-state index < -0.39 is 5.82 Å². The molecule has 0 aliphatic heterocycles. The fourth-order valence-electron chi connectivity index (χ4n) is 3.51. The second-order valence-electron chi connectivity index (χ2n) is 7.24. The van der Waals surface area contributed by atoms with Crippen molar-refractivity contribution in [3.63, 3.8) is 0 Å². The van der Waals surface area contributed by atoms with Crippen molar-refractivity contribution in [3.8, 4) is 0 Å². The van der Waals surface area contributed by atoms with Gasteiger partial charge in [-0.2, -0.15) is 0 Å². The second kappa shape index (κ2) is 10.3. The standard InChI is InChI=1S/C22H26FN3O2S/c1-16(27)26(20-12-8-7-11-19(20)23)22-25-18(15-29-22)13-14-21(28)24-17-9-5-3-2-4-6-10-17/h7-8,11-15,17H,2-6,9-10H2,1H3,(H,24,28)/b14-13+. The van der Waals surface area contributed by atoms with Crippen molar-refractivity contribution in [2.45, 2.75) is 57.9 Å². The number of nitrogens with one attached hydrogen (secondary N) is 1. The summed E-state index contributed by atoms with van der Waals surface area (Å²) in [7, 11) is 0. The lowest BCUT2D eigenvalue weighted by Gasteiger charge is -2.20. The minimum atomic E-state index is -0.492. The molecule has 3 rings (SSSR count). The number of amides is 2. The Bertz CT molecular complexity index is 872. The molecule has 0 radical (unpaired) electrons. The summed E-state index contributed by atoms with van der Waals surface area (Å²) < 4.78 is 14.1. The summed E-state index contributed by atoms with van der Waals surface area (Å²) in [5.41, 5.74) is 0.715. The van der Waals surface area contributed by atoms with Gasteiger partial charge in [0.05, 0.1) is 11.4 Å². The molecule has 29 heavy (non-hydrogen) atoms. The van der Waals surface area contributed by atoms with E-state index in [1.165, 1.54) is 60.6 Å². The average molecular weight is 416 g/mol. The molecule has 2 amide bonds. The normalized spacial score (nSPS) is 15.7. The number of anilines is 2. The van der Waals surface area contributed by atoms with Gasteiger partial charge in [-0.1, -0.05) is 44.2 Å². The quantitative estimate of drug-likeness (QED) is 0.682. The molecule has 1 heterocycles. The number of rotatable bonds is 5. The predicted octanol–water partition coefficient (Wildman–Crippen LogP) is 5.21. The van der Waals surface area contributed by atoms with Gasteiger partial charge < -0.3 is 5.32 Å². The molecule has 1 saturated carbocycles. The number of carbonyl (C=O) groups excluding carboxylic acids is 2. The van der Waals surface area contributed by atoms with Crippen LogP contribution >= 0.6 is 11.3 Å². The van der Waals surface area contributed by atoms with Crippen LogP contribution in [0.2, 0.25) is 0 Å². The third-order valence-electron chi connectivity index (χ3n) is 4.97. The SMILES string of the molecule is CC(=O)N(c1nc(/C=C/C(=O)NC2CCCCCCC2)cs1)c1ccccc1F. The Morgan fingerprint density at radius 1 is 1.17 bits per heavy atom. The number of halogens is 1. The van der Waals surface area contributed by atoms with Gasteiger partial charge in [0.2, 0.25) is 11.8 Å². The lowest BCUT2D eigenvalue weighted by atomic mass is 9.97. The molecule has 1 N–H and O–H groups in total. The van der Waals surface area contributed by atoms with Gasteiger partial charge in [0.25, 0.3) is 0 Å². The number of para-hydroxylation sites is 1. The van der Waals surface area contributed by atoms with Crippen LogP contribution in [0.5, 0.6) is 0 Å². The van der Waals surface area contributed by atoms with Crippen molar-refractivity contribution in [1.29, 1.82) is 0 Å². The first-order chi connectivity index (χ1) is 14.0. The fourth-order valence-corrected chi connectivity index (χ4v) is 4.35. The van der Waals surface area contributed by atoms with E-state index in [2.05, 4.69) is 10.3 Å². The largest absolute Gasteiger partial charge is 0.350 e. The zero-order chi connectivity index (χ0) is 20.6. The monoisotopic (exact) mass is 415 g/mol. The Labute approximate surface area is 174 Å². The molecule has 1 aromatic heterocycles. The van der Waals surface area contributed by atoms with Crippen LogP contribution in [-0.4, -0.2) is 22.8 Å². The first-order valence-electron chi connectivity index (χ1n) is 10.0. The average Bonchev–Trinajstić information content (AvgIpc) is 3.12. The van der Waals surface area contributed by atoms with Crippen LogP contribution in [0, 0.1) is 5.82 Å². The van der Waals surface area contributed by atoms with Crippen molar-refractivity contribution >= 4 is 40.0 Å². The zero-order valence-electron chi connectivity index (χ0n) is 16.6. The molecule has 1 aliphatic carbocycles. The van der Waals surface area contributed by atoms with Crippen LogP contribution < -0.4 is 10.2 Å². The highest BCUT2D eigenvalue weighted by Gasteiger charge is 2.20. The first-order valence-corrected chi connectivity index (χ1v) is 10.9. The van der Waals surface area contributed by atoms with Gasteiger partial charge in [0.1, 0.15) is 5.82 Å². The van der Waals surface area contributed by atoms with Gasteiger partial charge in [-0.05, 0) is 31.1 Å². The number of benzene rings is 1. The van der Waals surface area contributed by atoms with Gasteiger partial charge >= 0.3 is 0 Å². The zero-order valence-corrected chi connectivity index (χ0v) is 17.4. The van der Waals surface area contributed by atoms with E-state index in [0.717, 1.165) is 25.7 Å². The molecule has 0 spiro atoms. The summed E-state index contributed by atoms with van der Waals surface area (Å²) in [6.07, 6.45) is 11.2. The van der Waals surface area contributed by atoms with E-state index in [9.17, 15) is 14.0 Å². The van der Waals surface area contributed by atoms with Crippen LogP contribution in [0.15, 0.2) is 35.7 Å². The Kier molecular flexibility index (Phi) is 7.52. The van der Waals surface area contributed by atoms with E-state index in [4.69, 9.17) is 0 Å². The van der Waals surface area contributed by atoms with Crippen molar-refractivity contribution in [1.82, 2.24) is 10.3 Å². The van der Waals surface area contributed by atoms with E-state index >= 15 is 0 Å². The molecule has 5 nitrogen and oxygen atoms in total. The van der Waals surface area contributed by atoms with E-state index in [1.54, 1.807) is 23.6 Å². The number of hydrogen-bond acceptors (Lipinski definition) is 4. The molecule has 7 heteroatoms. The molecule has 0 unspecified atom stereocenters. The third-order valence-corrected chi connectivity index (χ3v) is 5.81. The smallest absolute Gasteiger partial charge is 0.244 e. The van der Waals surface area contributed by atoms with Crippen LogP contribution in [0.25, 0.3) is 6.08 Å².